The molecule has 0 heterocycles. The van der Waals surface area contributed by atoms with Crippen molar-refractivity contribution in [3.63, 3.8) is 0 Å². The molecule has 4 heteroatoms. The lowest BCUT2D eigenvalue weighted by molar-refractivity contribution is 0.0698. The molecule has 0 aromatic heterocycles. The molecule has 4 N–H and O–H groups in total. The van der Waals surface area contributed by atoms with Gasteiger partial charge < -0.3 is 16.2 Å². The van der Waals surface area contributed by atoms with E-state index in [4.69, 9.17) is 10.8 Å². The van der Waals surface area contributed by atoms with Crippen LogP contribution in [0.5, 0.6) is 0 Å². The van der Waals surface area contributed by atoms with E-state index in [0.717, 1.165) is 6.42 Å². The Balaban J connectivity index is 2.92. The van der Waals surface area contributed by atoms with Crippen molar-refractivity contribution in [1.29, 1.82) is 0 Å². The topological polar surface area (TPSA) is 75.3 Å². The minimum atomic E-state index is -0.998. The molecular weight excluding hydrogens is 216 g/mol. The van der Waals surface area contributed by atoms with Crippen molar-refractivity contribution < 1.29 is 9.90 Å². The van der Waals surface area contributed by atoms with E-state index in [2.05, 4.69) is 26.1 Å². The maximum Gasteiger partial charge on any atom is 0.337 e. The summed E-state index contributed by atoms with van der Waals surface area (Å²) in [6.45, 7) is 6.34. The first-order valence-corrected chi connectivity index (χ1v) is 5.85. The molecule has 2 atom stereocenters. The molecule has 17 heavy (non-hydrogen) atoms. The van der Waals surface area contributed by atoms with Crippen LogP contribution in [-0.2, 0) is 0 Å². The van der Waals surface area contributed by atoms with Crippen molar-refractivity contribution in [2.24, 2.45) is 5.92 Å². The van der Waals surface area contributed by atoms with Crippen LogP contribution in [0.3, 0.4) is 0 Å². The average molecular weight is 236 g/mol. The van der Waals surface area contributed by atoms with Gasteiger partial charge in [-0.3, -0.25) is 0 Å². The maximum absolute atomic E-state index is 10.9. The summed E-state index contributed by atoms with van der Waals surface area (Å²) in [4.78, 5) is 10.9. The van der Waals surface area contributed by atoms with Gasteiger partial charge in [-0.25, -0.2) is 4.79 Å². The number of anilines is 2. The SMILES string of the molecule is CCC(C)C(C)Nc1cccc(C(=O)O)c1N. The van der Waals surface area contributed by atoms with Crippen LogP contribution in [0.15, 0.2) is 18.2 Å². The predicted octanol–water partition coefficient (Wildman–Crippen LogP) is 2.81. The Kier molecular flexibility index (Phi) is 4.37. The third kappa shape index (κ3) is 3.12. The van der Waals surface area contributed by atoms with Crippen LogP contribution in [0, 0.1) is 5.92 Å². The van der Waals surface area contributed by atoms with Crippen molar-refractivity contribution in [3.8, 4) is 0 Å². The van der Waals surface area contributed by atoms with Gasteiger partial charge in [0.1, 0.15) is 0 Å². The Bertz CT molecular complexity index is 404. The molecule has 1 aromatic carbocycles. The highest BCUT2D eigenvalue weighted by Gasteiger charge is 2.14. The molecule has 1 aromatic rings. The summed E-state index contributed by atoms with van der Waals surface area (Å²) in [5.74, 6) is -0.495. The Hall–Kier alpha value is -1.71. The molecule has 0 saturated carbocycles. The summed E-state index contributed by atoms with van der Waals surface area (Å²) < 4.78 is 0. The molecule has 0 aliphatic rings. The molecule has 0 radical (unpaired) electrons. The van der Waals surface area contributed by atoms with E-state index in [1.807, 2.05) is 0 Å². The highest BCUT2D eigenvalue weighted by Crippen LogP contribution is 2.25. The Labute approximate surface area is 102 Å². The fraction of sp³-hybridized carbons (Fsp3) is 0.462. The number of benzene rings is 1. The summed E-state index contributed by atoms with van der Waals surface area (Å²) in [6.07, 6.45) is 1.06. The number of para-hydroxylation sites is 1. The van der Waals surface area contributed by atoms with Gasteiger partial charge in [0.05, 0.1) is 16.9 Å². The second-order valence-corrected chi connectivity index (χ2v) is 4.39. The fourth-order valence-corrected chi connectivity index (χ4v) is 1.62. The molecule has 0 bridgehead atoms. The van der Waals surface area contributed by atoms with Crippen LogP contribution in [0.25, 0.3) is 0 Å². The minimum Gasteiger partial charge on any atom is -0.478 e. The minimum absolute atomic E-state index is 0.145. The van der Waals surface area contributed by atoms with Gasteiger partial charge in [-0.15, -0.1) is 0 Å². The number of nitrogens with two attached hydrogens (primary N) is 1. The second-order valence-electron chi connectivity index (χ2n) is 4.39. The molecule has 4 nitrogen and oxygen atoms in total. The van der Waals surface area contributed by atoms with E-state index < -0.39 is 5.97 Å². The number of carboxylic acid groups (broad SMARTS) is 1. The summed E-state index contributed by atoms with van der Waals surface area (Å²) in [5, 5.41) is 12.2. The van der Waals surface area contributed by atoms with Crippen LogP contribution < -0.4 is 11.1 Å². The van der Waals surface area contributed by atoms with Crippen molar-refractivity contribution in [1.82, 2.24) is 0 Å². The summed E-state index contributed by atoms with van der Waals surface area (Å²) in [5.41, 5.74) is 6.97. The molecule has 2 unspecified atom stereocenters. The van der Waals surface area contributed by atoms with Gasteiger partial charge in [0.25, 0.3) is 0 Å². The number of hydrogen-bond donors (Lipinski definition) is 3. The molecule has 0 saturated heterocycles. The number of hydrogen-bond acceptors (Lipinski definition) is 3. The number of carbonyl (C=O) groups is 1. The number of carboxylic acids is 1. The fourth-order valence-electron chi connectivity index (χ4n) is 1.62. The summed E-state index contributed by atoms with van der Waals surface area (Å²) in [7, 11) is 0. The molecular formula is C13H20N2O2. The first-order valence-electron chi connectivity index (χ1n) is 5.85. The second kappa shape index (κ2) is 5.57. The van der Waals surface area contributed by atoms with E-state index in [1.165, 1.54) is 6.07 Å². The smallest absolute Gasteiger partial charge is 0.337 e. The standard InChI is InChI=1S/C13H20N2O2/c1-4-8(2)9(3)15-11-7-5-6-10(12(11)14)13(16)17/h5-9,15H,4,14H2,1-3H3,(H,16,17). The lowest BCUT2D eigenvalue weighted by Gasteiger charge is -2.22. The largest absolute Gasteiger partial charge is 0.478 e. The van der Waals surface area contributed by atoms with E-state index in [1.54, 1.807) is 12.1 Å². The number of nitrogens with one attached hydrogen (secondary N) is 1. The molecule has 94 valence electrons. The van der Waals surface area contributed by atoms with E-state index in [9.17, 15) is 4.79 Å². The summed E-state index contributed by atoms with van der Waals surface area (Å²) >= 11 is 0. The highest BCUT2D eigenvalue weighted by molar-refractivity contribution is 5.97. The zero-order valence-electron chi connectivity index (χ0n) is 10.5. The van der Waals surface area contributed by atoms with Gasteiger partial charge in [-0.2, -0.15) is 0 Å². The van der Waals surface area contributed by atoms with Crippen molar-refractivity contribution in [2.75, 3.05) is 11.1 Å². The Morgan fingerprint density at radius 2 is 2.12 bits per heavy atom. The Morgan fingerprint density at radius 1 is 1.47 bits per heavy atom. The molecule has 0 aliphatic carbocycles. The quantitative estimate of drug-likeness (QED) is 0.687. The molecule has 0 aliphatic heterocycles. The highest BCUT2D eigenvalue weighted by atomic mass is 16.4. The van der Waals surface area contributed by atoms with Gasteiger partial charge >= 0.3 is 5.97 Å². The first-order chi connectivity index (χ1) is 7.97. The van der Waals surface area contributed by atoms with Crippen LogP contribution >= 0.6 is 0 Å². The van der Waals surface area contributed by atoms with Crippen LogP contribution in [0.1, 0.15) is 37.6 Å². The van der Waals surface area contributed by atoms with Crippen LogP contribution in [0.4, 0.5) is 11.4 Å². The molecule has 0 fully saturated rings. The predicted molar refractivity (Wildman–Crippen MR) is 70.4 cm³/mol. The molecule has 0 spiro atoms. The van der Waals surface area contributed by atoms with Gasteiger partial charge in [0.2, 0.25) is 0 Å². The van der Waals surface area contributed by atoms with Gasteiger partial charge in [-0.05, 0) is 25.0 Å². The van der Waals surface area contributed by atoms with Crippen molar-refractivity contribution in [3.05, 3.63) is 23.8 Å². The van der Waals surface area contributed by atoms with Crippen molar-refractivity contribution in [2.45, 2.75) is 33.2 Å². The maximum atomic E-state index is 10.9. The monoisotopic (exact) mass is 236 g/mol. The van der Waals surface area contributed by atoms with E-state index in [0.29, 0.717) is 17.3 Å². The first kappa shape index (κ1) is 13.4. The van der Waals surface area contributed by atoms with Gasteiger partial charge in [0, 0.05) is 6.04 Å². The number of aromatic carboxylic acids is 1. The zero-order valence-corrected chi connectivity index (χ0v) is 10.5. The molecule has 1 rings (SSSR count). The third-order valence-electron chi connectivity index (χ3n) is 3.22. The third-order valence-corrected chi connectivity index (χ3v) is 3.22. The summed E-state index contributed by atoms with van der Waals surface area (Å²) in [6, 6.07) is 5.27. The lowest BCUT2D eigenvalue weighted by atomic mass is 10.0. The Morgan fingerprint density at radius 3 is 2.65 bits per heavy atom. The normalized spacial score (nSPS) is 14.1. The van der Waals surface area contributed by atoms with Crippen molar-refractivity contribution >= 4 is 17.3 Å². The molecule has 0 amide bonds. The van der Waals surface area contributed by atoms with Crippen LogP contribution in [0.2, 0.25) is 0 Å². The number of rotatable bonds is 5. The van der Waals surface area contributed by atoms with Gasteiger partial charge in [0.15, 0.2) is 0 Å². The van der Waals surface area contributed by atoms with E-state index >= 15 is 0 Å². The average Bonchev–Trinajstić information content (AvgIpc) is 2.30. The van der Waals surface area contributed by atoms with E-state index in [-0.39, 0.29) is 11.6 Å². The van der Waals surface area contributed by atoms with Crippen LogP contribution in [-0.4, -0.2) is 17.1 Å². The lowest BCUT2D eigenvalue weighted by Crippen LogP contribution is -2.24. The zero-order chi connectivity index (χ0) is 13.0. The number of nitrogen functional groups attached to an aromatic ring is 1. The van der Waals surface area contributed by atoms with Gasteiger partial charge in [-0.1, -0.05) is 26.3 Å².